The summed E-state index contributed by atoms with van der Waals surface area (Å²) in [6.07, 6.45) is 3.92. The van der Waals surface area contributed by atoms with Crippen LogP contribution >= 0.6 is 11.6 Å². The van der Waals surface area contributed by atoms with Crippen LogP contribution in [0.15, 0.2) is 24.4 Å². The monoisotopic (exact) mass is 198 g/mol. The van der Waals surface area contributed by atoms with E-state index in [4.69, 9.17) is 11.6 Å². The third-order valence-electron chi connectivity index (χ3n) is 1.83. The molecule has 0 saturated heterocycles. The van der Waals surface area contributed by atoms with Crippen LogP contribution in [0.1, 0.15) is 19.8 Å². The first kappa shape index (κ1) is 10.3. The average Bonchev–Trinajstić information content (AvgIpc) is 2.16. The largest absolute Gasteiger partial charge is 0.368 e. The summed E-state index contributed by atoms with van der Waals surface area (Å²) in [5.41, 5.74) is 0. The van der Waals surface area contributed by atoms with Crippen molar-refractivity contribution in [3.05, 3.63) is 24.4 Å². The maximum Gasteiger partial charge on any atom is 0.126 e. The fourth-order valence-electron chi connectivity index (χ4n) is 1.16. The van der Waals surface area contributed by atoms with Gasteiger partial charge >= 0.3 is 0 Å². The topological polar surface area (TPSA) is 24.9 Å². The molecule has 1 N–H and O–H groups in total. The Morgan fingerprint density at radius 3 is 3.00 bits per heavy atom. The predicted octanol–water partition coefficient (Wildman–Crippen LogP) is 2.90. The highest BCUT2D eigenvalue weighted by Crippen LogP contribution is 2.06. The number of halogens is 1. The van der Waals surface area contributed by atoms with Gasteiger partial charge in [0.15, 0.2) is 0 Å². The summed E-state index contributed by atoms with van der Waals surface area (Å²) >= 11 is 5.61. The smallest absolute Gasteiger partial charge is 0.126 e. The van der Waals surface area contributed by atoms with Crippen LogP contribution in [-0.4, -0.2) is 16.9 Å². The van der Waals surface area contributed by atoms with Gasteiger partial charge in [-0.15, -0.1) is 11.6 Å². The lowest BCUT2D eigenvalue weighted by Gasteiger charge is -2.12. The number of rotatable bonds is 5. The summed E-state index contributed by atoms with van der Waals surface area (Å²) in [6, 6.07) is 6.30. The molecule has 1 atom stereocenters. The molecule has 72 valence electrons. The first-order valence-corrected chi connectivity index (χ1v) is 5.10. The molecule has 0 aromatic carbocycles. The second kappa shape index (κ2) is 5.81. The maximum atomic E-state index is 5.61. The van der Waals surface area contributed by atoms with Crippen LogP contribution in [0.2, 0.25) is 0 Å². The Hall–Kier alpha value is -0.760. The highest BCUT2D eigenvalue weighted by atomic mass is 35.5. The molecular weight excluding hydrogens is 184 g/mol. The molecule has 1 heterocycles. The minimum atomic E-state index is 0.439. The van der Waals surface area contributed by atoms with Gasteiger partial charge in [-0.25, -0.2) is 4.98 Å². The SMILES string of the molecule is CC(CCCCl)Nc1ccccn1. The first-order valence-electron chi connectivity index (χ1n) is 4.56. The molecule has 2 nitrogen and oxygen atoms in total. The Morgan fingerprint density at radius 1 is 1.54 bits per heavy atom. The first-order chi connectivity index (χ1) is 6.33. The summed E-state index contributed by atoms with van der Waals surface area (Å²) in [5.74, 6) is 1.67. The summed E-state index contributed by atoms with van der Waals surface area (Å²) < 4.78 is 0. The molecule has 1 aromatic rings. The van der Waals surface area contributed by atoms with Gasteiger partial charge < -0.3 is 5.32 Å². The summed E-state index contributed by atoms with van der Waals surface area (Å²) in [6.45, 7) is 2.14. The van der Waals surface area contributed by atoms with Gasteiger partial charge in [0.25, 0.3) is 0 Å². The fourth-order valence-corrected chi connectivity index (χ4v) is 1.31. The van der Waals surface area contributed by atoms with Crippen molar-refractivity contribution >= 4 is 17.4 Å². The molecule has 0 saturated carbocycles. The van der Waals surface area contributed by atoms with Crippen molar-refractivity contribution in [1.29, 1.82) is 0 Å². The lowest BCUT2D eigenvalue weighted by atomic mass is 10.2. The second-order valence-electron chi connectivity index (χ2n) is 3.09. The van der Waals surface area contributed by atoms with Crippen molar-refractivity contribution in [2.24, 2.45) is 0 Å². The van der Waals surface area contributed by atoms with Crippen molar-refractivity contribution in [3.8, 4) is 0 Å². The minimum Gasteiger partial charge on any atom is -0.368 e. The molecule has 1 rings (SSSR count). The van der Waals surface area contributed by atoms with Crippen LogP contribution < -0.4 is 5.32 Å². The van der Waals surface area contributed by atoms with Crippen LogP contribution in [0.4, 0.5) is 5.82 Å². The molecule has 13 heavy (non-hydrogen) atoms. The molecule has 0 radical (unpaired) electrons. The number of hydrogen-bond acceptors (Lipinski definition) is 2. The number of hydrogen-bond donors (Lipinski definition) is 1. The Bertz CT molecular complexity index is 226. The van der Waals surface area contributed by atoms with E-state index in [-0.39, 0.29) is 0 Å². The summed E-state index contributed by atoms with van der Waals surface area (Å²) in [7, 11) is 0. The van der Waals surface area contributed by atoms with Crippen molar-refractivity contribution in [2.45, 2.75) is 25.8 Å². The molecule has 1 aromatic heterocycles. The maximum absolute atomic E-state index is 5.61. The third kappa shape index (κ3) is 4.13. The zero-order chi connectivity index (χ0) is 9.52. The second-order valence-corrected chi connectivity index (χ2v) is 3.47. The van der Waals surface area contributed by atoms with Gasteiger partial charge in [-0.1, -0.05) is 6.07 Å². The van der Waals surface area contributed by atoms with E-state index in [1.165, 1.54) is 0 Å². The average molecular weight is 199 g/mol. The van der Waals surface area contributed by atoms with Gasteiger partial charge in [0.05, 0.1) is 0 Å². The summed E-state index contributed by atoms with van der Waals surface area (Å²) in [5, 5.41) is 3.31. The third-order valence-corrected chi connectivity index (χ3v) is 2.10. The van der Waals surface area contributed by atoms with E-state index in [1.807, 2.05) is 18.2 Å². The normalized spacial score (nSPS) is 12.5. The Kier molecular flexibility index (Phi) is 4.61. The van der Waals surface area contributed by atoms with E-state index < -0.39 is 0 Å². The number of nitrogens with zero attached hydrogens (tertiary/aromatic N) is 1. The van der Waals surface area contributed by atoms with Gasteiger partial charge in [0.1, 0.15) is 5.82 Å². The van der Waals surface area contributed by atoms with Crippen molar-refractivity contribution < 1.29 is 0 Å². The predicted molar refractivity (Wildman–Crippen MR) is 57.3 cm³/mol. The van der Waals surface area contributed by atoms with E-state index in [9.17, 15) is 0 Å². The Morgan fingerprint density at radius 2 is 2.38 bits per heavy atom. The van der Waals surface area contributed by atoms with Crippen LogP contribution in [0.3, 0.4) is 0 Å². The molecule has 0 amide bonds. The van der Waals surface area contributed by atoms with E-state index in [0.717, 1.165) is 24.5 Å². The number of aromatic nitrogens is 1. The van der Waals surface area contributed by atoms with Crippen LogP contribution in [0, 0.1) is 0 Å². The van der Waals surface area contributed by atoms with E-state index in [2.05, 4.69) is 17.2 Å². The molecule has 0 fully saturated rings. The Labute approximate surface area is 84.3 Å². The summed E-state index contributed by atoms with van der Waals surface area (Å²) in [4.78, 5) is 4.18. The highest BCUT2D eigenvalue weighted by molar-refractivity contribution is 6.17. The molecular formula is C10H15ClN2. The quantitative estimate of drug-likeness (QED) is 0.736. The number of anilines is 1. The molecule has 0 spiro atoms. The standard InChI is InChI=1S/C10H15ClN2/c1-9(5-4-7-11)13-10-6-2-3-8-12-10/h2-3,6,8-9H,4-5,7H2,1H3,(H,12,13). The van der Waals surface area contributed by atoms with Gasteiger partial charge in [-0.2, -0.15) is 0 Å². The molecule has 0 aliphatic carbocycles. The zero-order valence-corrected chi connectivity index (χ0v) is 8.59. The van der Waals surface area contributed by atoms with E-state index in [0.29, 0.717) is 6.04 Å². The Balaban J connectivity index is 2.32. The van der Waals surface area contributed by atoms with Crippen molar-refractivity contribution in [2.75, 3.05) is 11.2 Å². The molecule has 0 bridgehead atoms. The van der Waals surface area contributed by atoms with Gasteiger partial charge in [-0.05, 0) is 31.9 Å². The van der Waals surface area contributed by atoms with E-state index >= 15 is 0 Å². The van der Waals surface area contributed by atoms with Crippen molar-refractivity contribution in [1.82, 2.24) is 4.98 Å². The fraction of sp³-hybridized carbons (Fsp3) is 0.500. The number of pyridine rings is 1. The lowest BCUT2D eigenvalue weighted by molar-refractivity contribution is 0.690. The van der Waals surface area contributed by atoms with Gasteiger partial charge in [-0.3, -0.25) is 0 Å². The van der Waals surface area contributed by atoms with Crippen LogP contribution in [0.25, 0.3) is 0 Å². The lowest BCUT2D eigenvalue weighted by Crippen LogP contribution is -2.15. The zero-order valence-electron chi connectivity index (χ0n) is 7.83. The van der Waals surface area contributed by atoms with Gasteiger partial charge in [0.2, 0.25) is 0 Å². The molecule has 0 aliphatic rings. The number of nitrogens with one attached hydrogen (secondary N) is 1. The molecule has 1 unspecified atom stereocenters. The van der Waals surface area contributed by atoms with E-state index in [1.54, 1.807) is 6.20 Å². The highest BCUT2D eigenvalue weighted by Gasteiger charge is 2.00. The van der Waals surface area contributed by atoms with Gasteiger partial charge in [0, 0.05) is 18.1 Å². The molecule has 0 aliphatic heterocycles. The molecule has 3 heteroatoms. The minimum absolute atomic E-state index is 0.439. The number of alkyl halides is 1. The van der Waals surface area contributed by atoms with Crippen LogP contribution in [0.5, 0.6) is 0 Å². The van der Waals surface area contributed by atoms with Crippen LogP contribution in [-0.2, 0) is 0 Å². The van der Waals surface area contributed by atoms with Crippen molar-refractivity contribution in [3.63, 3.8) is 0 Å².